The van der Waals surface area contributed by atoms with Crippen molar-refractivity contribution in [1.82, 2.24) is 4.98 Å². The van der Waals surface area contributed by atoms with E-state index in [0.717, 1.165) is 20.1 Å². The summed E-state index contributed by atoms with van der Waals surface area (Å²) in [6, 6.07) is 3.89. The minimum Gasteiger partial charge on any atom is -0.326 e. The highest BCUT2D eigenvalue weighted by molar-refractivity contribution is 7.22. The fourth-order valence-electron chi connectivity index (χ4n) is 1.04. The topological polar surface area (TPSA) is 38.9 Å². The van der Waals surface area contributed by atoms with Gasteiger partial charge in [0.2, 0.25) is 0 Å². The van der Waals surface area contributed by atoms with E-state index in [1.807, 2.05) is 12.1 Å². The van der Waals surface area contributed by atoms with Gasteiger partial charge in [-0.1, -0.05) is 11.6 Å². The lowest BCUT2D eigenvalue weighted by atomic mass is 10.3. The molecule has 0 saturated carbocycles. The summed E-state index contributed by atoms with van der Waals surface area (Å²) >= 11 is 7.35. The molecule has 0 spiro atoms. The minimum atomic E-state index is 0.526. The van der Waals surface area contributed by atoms with E-state index in [4.69, 9.17) is 17.3 Å². The molecule has 2 aromatic rings. The van der Waals surface area contributed by atoms with Gasteiger partial charge in [-0.25, -0.2) is 0 Å². The molecule has 0 aliphatic rings. The van der Waals surface area contributed by atoms with Gasteiger partial charge < -0.3 is 5.73 Å². The molecule has 0 aliphatic carbocycles. The lowest BCUT2D eigenvalue weighted by Gasteiger charge is -1.93. The van der Waals surface area contributed by atoms with Crippen LogP contribution in [0.2, 0.25) is 4.34 Å². The van der Waals surface area contributed by atoms with Gasteiger partial charge in [0.05, 0.1) is 14.6 Å². The molecule has 2 aromatic heterocycles. The summed E-state index contributed by atoms with van der Waals surface area (Å²) in [7, 11) is 0. The Morgan fingerprint density at radius 1 is 1.50 bits per heavy atom. The van der Waals surface area contributed by atoms with Crippen molar-refractivity contribution in [2.24, 2.45) is 5.73 Å². The second-order valence-corrected chi connectivity index (χ2v) is 4.20. The first-order chi connectivity index (χ1) is 5.79. The Kier molecular flexibility index (Phi) is 2.00. The van der Waals surface area contributed by atoms with E-state index in [9.17, 15) is 0 Å². The van der Waals surface area contributed by atoms with Crippen LogP contribution in [0.4, 0.5) is 0 Å². The maximum Gasteiger partial charge on any atom is 0.0956 e. The predicted molar refractivity (Wildman–Crippen MR) is 52.5 cm³/mol. The first kappa shape index (κ1) is 7.98. The predicted octanol–water partition coefficient (Wildman–Crippen LogP) is 2.41. The van der Waals surface area contributed by atoms with Crippen LogP contribution in [0.1, 0.15) is 5.56 Å². The fraction of sp³-hybridized carbons (Fsp3) is 0.125. The second kappa shape index (κ2) is 3.01. The van der Waals surface area contributed by atoms with Gasteiger partial charge in [-0.15, -0.1) is 11.3 Å². The summed E-state index contributed by atoms with van der Waals surface area (Å²) in [4.78, 5) is 4.22. The highest BCUT2D eigenvalue weighted by Gasteiger charge is 2.00. The van der Waals surface area contributed by atoms with Crippen LogP contribution in [0.3, 0.4) is 0 Å². The number of nitrogens with zero attached hydrogens (tertiary/aromatic N) is 1. The number of hydrogen-bond donors (Lipinski definition) is 1. The zero-order valence-corrected chi connectivity index (χ0v) is 7.82. The number of hydrogen-bond acceptors (Lipinski definition) is 3. The number of thiophene rings is 1. The van der Waals surface area contributed by atoms with Crippen LogP contribution in [-0.4, -0.2) is 4.98 Å². The summed E-state index contributed by atoms with van der Waals surface area (Å²) in [6.45, 7) is 0.526. The molecule has 0 aromatic carbocycles. The fourth-order valence-corrected chi connectivity index (χ4v) is 2.20. The molecule has 2 N–H and O–H groups in total. The zero-order valence-electron chi connectivity index (χ0n) is 6.25. The molecule has 0 atom stereocenters. The Morgan fingerprint density at radius 2 is 2.33 bits per heavy atom. The van der Waals surface area contributed by atoms with Crippen molar-refractivity contribution in [3.63, 3.8) is 0 Å². The Morgan fingerprint density at radius 3 is 3.08 bits per heavy atom. The van der Waals surface area contributed by atoms with Crippen LogP contribution in [0.5, 0.6) is 0 Å². The maximum atomic E-state index is 5.83. The number of fused-ring (bicyclic) bond motifs is 1. The normalized spacial score (nSPS) is 10.8. The minimum absolute atomic E-state index is 0.526. The molecule has 0 radical (unpaired) electrons. The number of halogens is 1. The molecule has 2 nitrogen and oxygen atoms in total. The summed E-state index contributed by atoms with van der Waals surface area (Å²) in [5.74, 6) is 0. The molecule has 0 amide bonds. The van der Waals surface area contributed by atoms with E-state index < -0.39 is 0 Å². The standard InChI is InChI=1S/C8H7ClN2S/c9-8-2-6-7(12-8)1-5(3-10)4-11-6/h1-2,4H,3,10H2. The Bertz CT molecular complexity index is 410. The van der Waals surface area contributed by atoms with Gasteiger partial charge in [-0.05, 0) is 17.7 Å². The largest absolute Gasteiger partial charge is 0.326 e. The van der Waals surface area contributed by atoms with Crippen LogP contribution >= 0.6 is 22.9 Å². The van der Waals surface area contributed by atoms with Crippen molar-refractivity contribution in [1.29, 1.82) is 0 Å². The molecule has 0 saturated heterocycles. The average Bonchev–Trinajstić information content (AvgIpc) is 2.43. The molecule has 2 rings (SSSR count). The molecular weight excluding hydrogens is 192 g/mol. The van der Waals surface area contributed by atoms with Crippen molar-refractivity contribution >= 4 is 33.2 Å². The van der Waals surface area contributed by atoms with Crippen LogP contribution in [0, 0.1) is 0 Å². The highest BCUT2D eigenvalue weighted by atomic mass is 35.5. The first-order valence-electron chi connectivity index (χ1n) is 3.53. The van der Waals surface area contributed by atoms with Gasteiger partial charge >= 0.3 is 0 Å². The second-order valence-electron chi connectivity index (χ2n) is 2.48. The third-order valence-corrected chi connectivity index (χ3v) is 2.83. The number of nitrogens with two attached hydrogens (primary N) is 1. The Labute approximate surface area is 79.0 Å². The van der Waals surface area contributed by atoms with E-state index in [0.29, 0.717) is 6.54 Å². The molecule has 12 heavy (non-hydrogen) atoms. The van der Waals surface area contributed by atoms with Gasteiger partial charge in [-0.3, -0.25) is 4.98 Å². The van der Waals surface area contributed by atoms with Crippen molar-refractivity contribution in [3.8, 4) is 0 Å². The summed E-state index contributed by atoms with van der Waals surface area (Å²) in [5, 5.41) is 0. The molecular formula is C8H7ClN2S. The highest BCUT2D eigenvalue weighted by Crippen LogP contribution is 2.28. The Balaban J connectivity index is 2.66. The first-order valence-corrected chi connectivity index (χ1v) is 4.73. The summed E-state index contributed by atoms with van der Waals surface area (Å²) in [6.07, 6.45) is 1.78. The lowest BCUT2D eigenvalue weighted by Crippen LogP contribution is -1.95. The number of aromatic nitrogens is 1. The summed E-state index contributed by atoms with van der Waals surface area (Å²) in [5.41, 5.74) is 7.47. The van der Waals surface area contributed by atoms with Crippen molar-refractivity contribution < 1.29 is 0 Å². The molecule has 0 unspecified atom stereocenters. The van der Waals surface area contributed by atoms with Crippen LogP contribution < -0.4 is 5.73 Å². The number of rotatable bonds is 1. The molecule has 2 heterocycles. The molecule has 62 valence electrons. The van der Waals surface area contributed by atoms with E-state index in [1.165, 1.54) is 11.3 Å². The molecule has 4 heteroatoms. The third kappa shape index (κ3) is 1.31. The van der Waals surface area contributed by atoms with Crippen molar-refractivity contribution in [2.75, 3.05) is 0 Å². The number of pyridine rings is 1. The van der Waals surface area contributed by atoms with Gasteiger partial charge in [0.25, 0.3) is 0 Å². The van der Waals surface area contributed by atoms with Crippen LogP contribution in [0.25, 0.3) is 10.2 Å². The van der Waals surface area contributed by atoms with Crippen molar-refractivity contribution in [2.45, 2.75) is 6.54 Å². The Hall–Kier alpha value is -0.640. The third-order valence-electron chi connectivity index (χ3n) is 1.63. The molecule has 0 bridgehead atoms. The van der Waals surface area contributed by atoms with Crippen molar-refractivity contribution in [3.05, 3.63) is 28.2 Å². The van der Waals surface area contributed by atoms with Crippen LogP contribution in [-0.2, 0) is 6.54 Å². The van der Waals surface area contributed by atoms with Gasteiger partial charge in [0.15, 0.2) is 0 Å². The van der Waals surface area contributed by atoms with E-state index in [2.05, 4.69) is 4.98 Å². The SMILES string of the molecule is NCc1cnc2cc(Cl)sc2c1. The van der Waals surface area contributed by atoms with Gasteiger partial charge in [0.1, 0.15) is 0 Å². The molecule has 0 aliphatic heterocycles. The average molecular weight is 199 g/mol. The quantitative estimate of drug-likeness (QED) is 0.765. The van der Waals surface area contributed by atoms with Gasteiger partial charge in [0, 0.05) is 12.7 Å². The summed E-state index contributed by atoms with van der Waals surface area (Å²) < 4.78 is 1.87. The van der Waals surface area contributed by atoms with Crippen LogP contribution in [0.15, 0.2) is 18.3 Å². The monoisotopic (exact) mass is 198 g/mol. The van der Waals surface area contributed by atoms with E-state index in [1.54, 1.807) is 6.20 Å². The smallest absolute Gasteiger partial charge is 0.0956 e. The van der Waals surface area contributed by atoms with E-state index in [-0.39, 0.29) is 0 Å². The lowest BCUT2D eigenvalue weighted by molar-refractivity contribution is 1.06. The maximum absolute atomic E-state index is 5.83. The molecule has 0 fully saturated rings. The van der Waals surface area contributed by atoms with Gasteiger partial charge in [-0.2, -0.15) is 0 Å². The van der Waals surface area contributed by atoms with E-state index >= 15 is 0 Å². The zero-order chi connectivity index (χ0) is 8.55.